The van der Waals surface area contributed by atoms with Crippen molar-refractivity contribution >= 4 is 11.0 Å². The molecule has 0 saturated heterocycles. The lowest BCUT2D eigenvalue weighted by atomic mass is 10.3. The summed E-state index contributed by atoms with van der Waals surface area (Å²) in [5.41, 5.74) is 2.33. The predicted octanol–water partition coefficient (Wildman–Crippen LogP) is 1.66. The second-order valence-corrected chi connectivity index (χ2v) is 3.47. The minimum atomic E-state index is 0.382. The highest BCUT2D eigenvalue weighted by molar-refractivity contribution is 5.76. The Kier molecular flexibility index (Phi) is 1.27. The first kappa shape index (κ1) is 7.09. The van der Waals surface area contributed by atoms with Crippen molar-refractivity contribution in [1.29, 1.82) is 0 Å². The predicted molar refractivity (Wildman–Crippen MR) is 51.3 cm³/mol. The third kappa shape index (κ3) is 0.848. The molecule has 0 amide bonds. The Bertz CT molecular complexity index is 458. The van der Waals surface area contributed by atoms with Crippen LogP contribution >= 0.6 is 0 Å². The van der Waals surface area contributed by atoms with Gasteiger partial charge in [-0.2, -0.15) is 0 Å². The van der Waals surface area contributed by atoms with Gasteiger partial charge in [0.25, 0.3) is 0 Å². The van der Waals surface area contributed by atoms with E-state index in [1.165, 1.54) is 5.52 Å². The molecule has 13 heavy (non-hydrogen) atoms. The lowest BCUT2D eigenvalue weighted by Gasteiger charge is -1.97. The van der Waals surface area contributed by atoms with Gasteiger partial charge in [-0.1, -0.05) is 12.1 Å². The van der Waals surface area contributed by atoms with E-state index in [1.807, 2.05) is 6.07 Å². The second-order valence-electron chi connectivity index (χ2n) is 3.47. The third-order valence-corrected chi connectivity index (χ3v) is 2.63. The van der Waals surface area contributed by atoms with Gasteiger partial charge in [0.2, 0.25) is 0 Å². The van der Waals surface area contributed by atoms with Crippen LogP contribution in [0.2, 0.25) is 0 Å². The molecule has 0 bridgehead atoms. The van der Waals surface area contributed by atoms with Crippen LogP contribution < -0.4 is 5.32 Å². The average molecular weight is 173 g/mol. The largest absolute Gasteiger partial charge is 0.313 e. The number of imidazole rings is 1. The van der Waals surface area contributed by atoms with Crippen molar-refractivity contribution in [2.24, 2.45) is 0 Å². The highest BCUT2D eigenvalue weighted by Gasteiger charge is 2.21. The highest BCUT2D eigenvalue weighted by atomic mass is 15.3. The lowest BCUT2D eigenvalue weighted by Crippen LogP contribution is -2.09. The number of nitrogens with zero attached hydrogens (tertiary/aromatic N) is 2. The van der Waals surface area contributed by atoms with Crippen molar-refractivity contribution < 1.29 is 0 Å². The molecule has 1 aliphatic rings. The molecular formula is C10H11N3. The summed E-state index contributed by atoms with van der Waals surface area (Å²) in [6.07, 6.45) is 0. The molecule has 0 fully saturated rings. The van der Waals surface area contributed by atoms with Gasteiger partial charge in [0, 0.05) is 0 Å². The fraction of sp³-hybridized carbons (Fsp3) is 0.300. The molecular weight excluding hydrogens is 162 g/mol. The lowest BCUT2D eigenvalue weighted by molar-refractivity contribution is 0.598. The van der Waals surface area contributed by atoms with E-state index >= 15 is 0 Å². The Balaban J connectivity index is 2.38. The molecule has 0 radical (unpaired) electrons. The molecule has 3 rings (SSSR count). The van der Waals surface area contributed by atoms with Gasteiger partial charge in [-0.3, -0.25) is 5.32 Å². The molecule has 1 aromatic heterocycles. The fourth-order valence-electron chi connectivity index (χ4n) is 1.91. The first-order valence-corrected chi connectivity index (χ1v) is 4.55. The Morgan fingerprint density at radius 1 is 1.46 bits per heavy atom. The van der Waals surface area contributed by atoms with E-state index in [2.05, 4.69) is 40.0 Å². The number of nitrogens with one attached hydrogen (secondary N) is 1. The number of para-hydroxylation sites is 2. The molecule has 3 nitrogen and oxygen atoms in total. The molecule has 1 atom stereocenters. The van der Waals surface area contributed by atoms with Crippen LogP contribution in [0.5, 0.6) is 0 Å². The maximum Gasteiger partial charge on any atom is 0.127 e. The number of rotatable bonds is 0. The van der Waals surface area contributed by atoms with Crippen LogP contribution in [0.1, 0.15) is 18.8 Å². The van der Waals surface area contributed by atoms with Crippen molar-refractivity contribution in [1.82, 2.24) is 14.9 Å². The standard InChI is InChI=1S/C10H11N3/c1-7-10-12-8-4-2-3-5-9(8)13(10)6-11-7/h2-5,7,11H,6H2,1H3/t7-/m0/s1. The summed E-state index contributed by atoms with van der Waals surface area (Å²) in [5, 5.41) is 3.36. The van der Waals surface area contributed by atoms with E-state index in [-0.39, 0.29) is 0 Å². The van der Waals surface area contributed by atoms with E-state index in [0.717, 1.165) is 18.0 Å². The summed E-state index contributed by atoms with van der Waals surface area (Å²) in [4.78, 5) is 4.57. The monoisotopic (exact) mass is 173 g/mol. The first-order valence-electron chi connectivity index (χ1n) is 4.55. The van der Waals surface area contributed by atoms with Crippen LogP contribution in [-0.2, 0) is 6.67 Å². The summed E-state index contributed by atoms with van der Waals surface area (Å²) in [6, 6.07) is 8.65. The average Bonchev–Trinajstić information content (AvgIpc) is 2.67. The summed E-state index contributed by atoms with van der Waals surface area (Å²) < 4.78 is 2.24. The number of fused-ring (bicyclic) bond motifs is 3. The molecule has 2 heterocycles. The van der Waals surface area contributed by atoms with Crippen molar-refractivity contribution in [2.75, 3.05) is 0 Å². The van der Waals surface area contributed by atoms with Gasteiger partial charge in [0.05, 0.1) is 23.7 Å². The zero-order valence-corrected chi connectivity index (χ0v) is 7.49. The van der Waals surface area contributed by atoms with Gasteiger partial charge in [-0.15, -0.1) is 0 Å². The van der Waals surface area contributed by atoms with E-state index in [1.54, 1.807) is 0 Å². The van der Waals surface area contributed by atoms with E-state index in [0.29, 0.717) is 6.04 Å². The Labute approximate surface area is 76.4 Å². The van der Waals surface area contributed by atoms with Crippen molar-refractivity contribution in [3.63, 3.8) is 0 Å². The molecule has 2 aromatic rings. The molecule has 1 aromatic carbocycles. The zero-order valence-electron chi connectivity index (χ0n) is 7.49. The molecule has 0 spiro atoms. The van der Waals surface area contributed by atoms with Crippen LogP contribution in [0.15, 0.2) is 24.3 Å². The van der Waals surface area contributed by atoms with Crippen LogP contribution in [0.3, 0.4) is 0 Å². The van der Waals surface area contributed by atoms with Crippen molar-refractivity contribution in [3.05, 3.63) is 30.1 Å². The van der Waals surface area contributed by atoms with Crippen molar-refractivity contribution in [3.8, 4) is 0 Å². The minimum Gasteiger partial charge on any atom is -0.313 e. The topological polar surface area (TPSA) is 29.9 Å². The van der Waals surface area contributed by atoms with E-state index in [4.69, 9.17) is 0 Å². The zero-order chi connectivity index (χ0) is 8.84. The van der Waals surface area contributed by atoms with E-state index < -0.39 is 0 Å². The molecule has 0 saturated carbocycles. The molecule has 1 N–H and O–H groups in total. The number of hydrogen-bond donors (Lipinski definition) is 1. The normalized spacial score (nSPS) is 20.8. The van der Waals surface area contributed by atoms with Crippen LogP contribution in [0, 0.1) is 0 Å². The van der Waals surface area contributed by atoms with Crippen LogP contribution in [0.4, 0.5) is 0 Å². The van der Waals surface area contributed by atoms with Crippen LogP contribution in [0.25, 0.3) is 11.0 Å². The van der Waals surface area contributed by atoms with Gasteiger partial charge >= 0.3 is 0 Å². The second kappa shape index (κ2) is 2.33. The summed E-state index contributed by atoms with van der Waals surface area (Å²) in [6.45, 7) is 3.03. The number of hydrogen-bond acceptors (Lipinski definition) is 2. The van der Waals surface area contributed by atoms with Gasteiger partial charge in [-0.05, 0) is 19.1 Å². The first-order chi connectivity index (χ1) is 6.36. The van der Waals surface area contributed by atoms with Crippen LogP contribution in [-0.4, -0.2) is 9.55 Å². The smallest absolute Gasteiger partial charge is 0.127 e. The summed E-state index contributed by atoms with van der Waals surface area (Å²) in [7, 11) is 0. The molecule has 1 aliphatic heterocycles. The molecule has 0 aliphatic carbocycles. The van der Waals surface area contributed by atoms with E-state index in [9.17, 15) is 0 Å². The Morgan fingerprint density at radius 2 is 2.31 bits per heavy atom. The molecule has 3 heteroatoms. The van der Waals surface area contributed by atoms with Crippen molar-refractivity contribution in [2.45, 2.75) is 19.6 Å². The minimum absolute atomic E-state index is 0.382. The Hall–Kier alpha value is -1.35. The number of aromatic nitrogens is 2. The third-order valence-electron chi connectivity index (χ3n) is 2.63. The fourth-order valence-corrected chi connectivity index (χ4v) is 1.91. The maximum absolute atomic E-state index is 4.57. The van der Waals surface area contributed by atoms with Gasteiger partial charge < -0.3 is 4.57 Å². The summed E-state index contributed by atoms with van der Waals surface area (Å²) >= 11 is 0. The Morgan fingerprint density at radius 3 is 3.23 bits per heavy atom. The highest BCUT2D eigenvalue weighted by Crippen LogP contribution is 2.24. The maximum atomic E-state index is 4.57. The quantitative estimate of drug-likeness (QED) is 0.656. The summed E-state index contributed by atoms with van der Waals surface area (Å²) in [5.74, 6) is 1.15. The van der Waals surface area contributed by atoms with Gasteiger partial charge in [0.15, 0.2) is 0 Å². The SMILES string of the molecule is C[C@@H]1NCn2c1nc1ccccc12. The number of benzene rings is 1. The molecule has 0 unspecified atom stereocenters. The van der Waals surface area contributed by atoms with Gasteiger partial charge in [-0.25, -0.2) is 4.98 Å². The molecule has 66 valence electrons. The van der Waals surface area contributed by atoms with Gasteiger partial charge in [0.1, 0.15) is 5.82 Å².